The summed E-state index contributed by atoms with van der Waals surface area (Å²) in [5.41, 5.74) is 2.39. The average molecular weight is 452 g/mol. The third-order valence-corrected chi connectivity index (χ3v) is 6.35. The van der Waals surface area contributed by atoms with Gasteiger partial charge in [-0.15, -0.1) is 23.1 Å². The second-order valence-corrected chi connectivity index (χ2v) is 8.86. The van der Waals surface area contributed by atoms with Crippen LogP contribution in [0.2, 0.25) is 0 Å². The quantitative estimate of drug-likeness (QED) is 0.442. The Labute approximate surface area is 187 Å². The van der Waals surface area contributed by atoms with Gasteiger partial charge in [0.1, 0.15) is 10.7 Å². The molecule has 0 bridgehead atoms. The summed E-state index contributed by atoms with van der Waals surface area (Å²) in [6.45, 7) is 0. The molecule has 4 rings (SSSR count). The van der Waals surface area contributed by atoms with Crippen molar-refractivity contribution in [3.05, 3.63) is 70.2 Å². The van der Waals surface area contributed by atoms with E-state index in [1.165, 1.54) is 23.1 Å². The molecule has 0 radical (unpaired) electrons. The molecule has 7 nitrogen and oxygen atoms in total. The first-order chi connectivity index (χ1) is 15.0. The molecular weight excluding hydrogens is 430 g/mol. The molecule has 158 valence electrons. The number of carbonyl (C=O) groups excluding carboxylic acids is 1. The van der Waals surface area contributed by atoms with Crippen LogP contribution in [0.1, 0.15) is 5.82 Å². The molecule has 3 heterocycles. The number of pyridine rings is 1. The molecule has 0 aliphatic heterocycles. The van der Waals surface area contributed by atoms with Gasteiger partial charge >= 0.3 is 0 Å². The molecule has 4 aromatic rings. The summed E-state index contributed by atoms with van der Waals surface area (Å²) in [4.78, 5) is 39.3. The number of H-pyrrole nitrogens is 1. The van der Waals surface area contributed by atoms with Crippen LogP contribution in [0.25, 0.3) is 21.3 Å². The minimum Gasteiger partial charge on any atom is -0.361 e. The molecule has 0 fully saturated rings. The first kappa shape index (κ1) is 21.1. The number of rotatable bonds is 7. The molecule has 31 heavy (non-hydrogen) atoms. The summed E-state index contributed by atoms with van der Waals surface area (Å²) in [6, 6.07) is 13.4. The van der Waals surface area contributed by atoms with E-state index in [9.17, 15) is 9.59 Å². The lowest BCUT2D eigenvalue weighted by molar-refractivity contribution is -0.113. The number of fused-ring (bicyclic) bond motifs is 1. The number of thioether (sulfide) groups is 1. The lowest BCUT2D eigenvalue weighted by Gasteiger charge is -2.16. The minimum absolute atomic E-state index is 0.132. The minimum atomic E-state index is -0.156. The van der Waals surface area contributed by atoms with Crippen molar-refractivity contribution in [3.8, 4) is 11.1 Å². The Morgan fingerprint density at radius 2 is 2.00 bits per heavy atom. The zero-order valence-electron chi connectivity index (χ0n) is 17.1. The molecular formula is C22H21N5O2S2. The smallest absolute Gasteiger partial charge is 0.260 e. The van der Waals surface area contributed by atoms with E-state index in [1.807, 2.05) is 60.8 Å². The van der Waals surface area contributed by atoms with Crippen molar-refractivity contribution in [1.82, 2.24) is 15.0 Å². The number of hydrogen-bond donors (Lipinski definition) is 2. The van der Waals surface area contributed by atoms with Gasteiger partial charge in [0.15, 0.2) is 5.82 Å². The predicted molar refractivity (Wildman–Crippen MR) is 129 cm³/mol. The third kappa shape index (κ3) is 4.78. The van der Waals surface area contributed by atoms with E-state index in [4.69, 9.17) is 0 Å². The van der Waals surface area contributed by atoms with Crippen molar-refractivity contribution in [2.75, 3.05) is 30.1 Å². The standard InChI is InChI=1S/C22H21N5O2S2/c1-27(2)20-16(9-6-10-23-20)24-18(28)13-30-12-17-25-21(29)19-15(11-31-22(19)26-17)14-7-4-3-5-8-14/h3-11H,12-13H2,1-2H3,(H,24,28)(H,25,26,29). The lowest BCUT2D eigenvalue weighted by atomic mass is 10.1. The lowest BCUT2D eigenvalue weighted by Crippen LogP contribution is -2.19. The Bertz CT molecular complexity index is 1270. The van der Waals surface area contributed by atoms with Gasteiger partial charge in [0.25, 0.3) is 5.56 Å². The molecule has 0 saturated heterocycles. The fraction of sp³-hybridized carbons (Fsp3) is 0.182. The van der Waals surface area contributed by atoms with Gasteiger partial charge in [-0.25, -0.2) is 9.97 Å². The number of carbonyl (C=O) groups is 1. The van der Waals surface area contributed by atoms with Gasteiger partial charge in [0, 0.05) is 31.2 Å². The number of amides is 1. The van der Waals surface area contributed by atoms with Crippen LogP contribution in [-0.4, -0.2) is 40.7 Å². The van der Waals surface area contributed by atoms with Gasteiger partial charge in [0.05, 0.1) is 22.6 Å². The van der Waals surface area contributed by atoms with Crippen molar-refractivity contribution < 1.29 is 4.79 Å². The number of nitrogens with one attached hydrogen (secondary N) is 2. The summed E-state index contributed by atoms with van der Waals surface area (Å²) in [5, 5.41) is 5.45. The summed E-state index contributed by atoms with van der Waals surface area (Å²) >= 11 is 2.85. The van der Waals surface area contributed by atoms with E-state index in [0.29, 0.717) is 33.3 Å². The van der Waals surface area contributed by atoms with Crippen molar-refractivity contribution in [3.63, 3.8) is 0 Å². The molecule has 2 N–H and O–H groups in total. The van der Waals surface area contributed by atoms with Crippen LogP contribution in [0.15, 0.2) is 58.8 Å². The van der Waals surface area contributed by atoms with Crippen LogP contribution in [0.5, 0.6) is 0 Å². The fourth-order valence-electron chi connectivity index (χ4n) is 3.17. The normalized spacial score (nSPS) is 10.9. The highest BCUT2D eigenvalue weighted by molar-refractivity contribution is 7.99. The van der Waals surface area contributed by atoms with Gasteiger partial charge in [-0.05, 0) is 17.7 Å². The fourth-order valence-corrected chi connectivity index (χ4v) is 4.83. The van der Waals surface area contributed by atoms with Crippen LogP contribution in [0, 0.1) is 0 Å². The molecule has 0 aliphatic carbocycles. The van der Waals surface area contributed by atoms with Crippen LogP contribution < -0.4 is 15.8 Å². The van der Waals surface area contributed by atoms with Gasteiger partial charge in [0.2, 0.25) is 5.91 Å². The average Bonchev–Trinajstić information content (AvgIpc) is 3.19. The third-order valence-electron chi connectivity index (χ3n) is 4.53. The summed E-state index contributed by atoms with van der Waals surface area (Å²) in [7, 11) is 3.75. The largest absolute Gasteiger partial charge is 0.361 e. The highest BCUT2D eigenvalue weighted by Crippen LogP contribution is 2.30. The Kier molecular flexibility index (Phi) is 6.34. The van der Waals surface area contributed by atoms with Gasteiger partial charge < -0.3 is 15.2 Å². The van der Waals surface area contributed by atoms with Crippen LogP contribution in [-0.2, 0) is 10.5 Å². The molecule has 1 amide bonds. The van der Waals surface area contributed by atoms with Gasteiger partial charge in [-0.2, -0.15) is 0 Å². The number of aromatic amines is 1. The number of aromatic nitrogens is 3. The van der Waals surface area contributed by atoms with E-state index in [-0.39, 0.29) is 17.2 Å². The second-order valence-electron chi connectivity index (χ2n) is 7.02. The summed E-state index contributed by atoms with van der Waals surface area (Å²) in [6.07, 6.45) is 1.69. The molecule has 0 unspecified atom stereocenters. The molecule has 1 aromatic carbocycles. The Morgan fingerprint density at radius 1 is 1.19 bits per heavy atom. The monoisotopic (exact) mass is 451 g/mol. The van der Waals surface area contributed by atoms with Crippen LogP contribution >= 0.6 is 23.1 Å². The van der Waals surface area contributed by atoms with Crippen molar-refractivity contribution in [2.45, 2.75) is 5.75 Å². The number of anilines is 2. The van der Waals surface area contributed by atoms with E-state index >= 15 is 0 Å². The van der Waals surface area contributed by atoms with Crippen molar-refractivity contribution in [2.24, 2.45) is 0 Å². The first-order valence-corrected chi connectivity index (χ1v) is 11.6. The van der Waals surface area contributed by atoms with E-state index in [1.54, 1.807) is 12.3 Å². The number of hydrogen-bond acceptors (Lipinski definition) is 7. The van der Waals surface area contributed by atoms with Crippen LogP contribution in [0.3, 0.4) is 0 Å². The summed E-state index contributed by atoms with van der Waals surface area (Å²) < 4.78 is 0. The maximum atomic E-state index is 12.7. The highest BCUT2D eigenvalue weighted by atomic mass is 32.2. The van der Waals surface area contributed by atoms with E-state index in [0.717, 1.165) is 11.1 Å². The van der Waals surface area contributed by atoms with E-state index < -0.39 is 0 Å². The van der Waals surface area contributed by atoms with E-state index in [2.05, 4.69) is 20.3 Å². The second kappa shape index (κ2) is 9.32. The SMILES string of the molecule is CN(C)c1ncccc1NC(=O)CSCc1nc2scc(-c3ccccc3)c2c(=O)[nH]1. The highest BCUT2D eigenvalue weighted by Gasteiger charge is 2.14. The number of benzene rings is 1. The Hall–Kier alpha value is -3.17. The van der Waals surface area contributed by atoms with Crippen molar-refractivity contribution >= 4 is 50.7 Å². The van der Waals surface area contributed by atoms with Gasteiger partial charge in [-0.1, -0.05) is 30.3 Å². The van der Waals surface area contributed by atoms with Crippen molar-refractivity contribution in [1.29, 1.82) is 0 Å². The Balaban J connectivity index is 1.42. The maximum absolute atomic E-state index is 12.7. The number of nitrogens with zero attached hydrogens (tertiary/aromatic N) is 3. The molecule has 9 heteroatoms. The molecule has 3 aromatic heterocycles. The first-order valence-electron chi connectivity index (χ1n) is 9.58. The number of thiophene rings is 1. The molecule has 0 spiro atoms. The zero-order valence-corrected chi connectivity index (χ0v) is 18.7. The maximum Gasteiger partial charge on any atom is 0.260 e. The molecule has 0 saturated carbocycles. The van der Waals surface area contributed by atoms with Gasteiger partial charge in [-0.3, -0.25) is 9.59 Å². The zero-order chi connectivity index (χ0) is 21.8. The summed E-state index contributed by atoms with van der Waals surface area (Å²) in [5.74, 6) is 1.80. The molecule has 0 atom stereocenters. The Morgan fingerprint density at radius 3 is 2.77 bits per heavy atom. The topological polar surface area (TPSA) is 91.0 Å². The molecule has 0 aliphatic rings. The van der Waals surface area contributed by atoms with Crippen LogP contribution in [0.4, 0.5) is 11.5 Å². The predicted octanol–water partition coefficient (Wildman–Crippen LogP) is 3.98.